The van der Waals surface area contributed by atoms with Crippen LogP contribution in [0.2, 0.25) is 0 Å². The standard InChI is InChI=1S/C31H28N2O3/c32-17-16-27-20-33(19-22-6-12-26(13-7-22)31(34)35)30-15-14-28(18-29(27)30)36-21-23-8-10-25(11-9-23)24-4-2-1-3-5-24/h1-15,18,20H,16-17,19,21,32H2,(H,34,35). The number of fused-ring (bicyclic) bond motifs is 1. The smallest absolute Gasteiger partial charge is 0.335 e. The van der Waals surface area contributed by atoms with E-state index < -0.39 is 5.97 Å². The Hall–Kier alpha value is -4.35. The maximum absolute atomic E-state index is 11.1. The van der Waals surface area contributed by atoms with Crippen molar-refractivity contribution in [3.8, 4) is 16.9 Å². The fourth-order valence-electron chi connectivity index (χ4n) is 4.47. The van der Waals surface area contributed by atoms with Gasteiger partial charge in [0.1, 0.15) is 12.4 Å². The van der Waals surface area contributed by atoms with Gasteiger partial charge in [0.25, 0.3) is 0 Å². The van der Waals surface area contributed by atoms with Crippen molar-refractivity contribution in [3.05, 3.63) is 126 Å². The molecule has 0 atom stereocenters. The van der Waals surface area contributed by atoms with E-state index in [9.17, 15) is 4.79 Å². The third-order valence-electron chi connectivity index (χ3n) is 6.37. The van der Waals surface area contributed by atoms with Crippen LogP contribution in [0.25, 0.3) is 22.0 Å². The van der Waals surface area contributed by atoms with Crippen LogP contribution >= 0.6 is 0 Å². The highest BCUT2D eigenvalue weighted by molar-refractivity contribution is 5.87. The van der Waals surface area contributed by atoms with Crippen LogP contribution in [0.5, 0.6) is 5.75 Å². The minimum absolute atomic E-state index is 0.288. The van der Waals surface area contributed by atoms with E-state index in [0.717, 1.165) is 34.2 Å². The first kappa shape index (κ1) is 23.4. The molecule has 0 bridgehead atoms. The zero-order chi connectivity index (χ0) is 24.9. The van der Waals surface area contributed by atoms with E-state index in [4.69, 9.17) is 15.6 Å². The molecule has 5 rings (SSSR count). The van der Waals surface area contributed by atoms with Gasteiger partial charge in [-0.15, -0.1) is 0 Å². The number of carbonyl (C=O) groups is 1. The van der Waals surface area contributed by atoms with Crippen molar-refractivity contribution in [2.75, 3.05) is 6.54 Å². The van der Waals surface area contributed by atoms with Gasteiger partial charge < -0.3 is 20.1 Å². The molecule has 0 unspecified atom stereocenters. The lowest BCUT2D eigenvalue weighted by Crippen LogP contribution is -2.02. The highest BCUT2D eigenvalue weighted by Crippen LogP contribution is 2.28. The van der Waals surface area contributed by atoms with Gasteiger partial charge in [0.05, 0.1) is 5.56 Å². The zero-order valence-corrected chi connectivity index (χ0v) is 19.9. The largest absolute Gasteiger partial charge is 0.489 e. The van der Waals surface area contributed by atoms with E-state index >= 15 is 0 Å². The van der Waals surface area contributed by atoms with Gasteiger partial charge in [-0.05, 0) is 71.1 Å². The van der Waals surface area contributed by atoms with E-state index in [1.807, 2.05) is 36.4 Å². The van der Waals surface area contributed by atoms with Crippen molar-refractivity contribution in [1.82, 2.24) is 4.57 Å². The monoisotopic (exact) mass is 476 g/mol. The molecule has 0 aliphatic rings. The molecule has 1 heterocycles. The number of rotatable bonds is 9. The lowest BCUT2D eigenvalue weighted by Gasteiger charge is -2.09. The Morgan fingerprint density at radius 3 is 2.22 bits per heavy atom. The lowest BCUT2D eigenvalue weighted by atomic mass is 10.0. The van der Waals surface area contributed by atoms with E-state index in [0.29, 0.717) is 19.7 Å². The second-order valence-corrected chi connectivity index (χ2v) is 8.85. The first-order valence-electron chi connectivity index (χ1n) is 12.0. The van der Waals surface area contributed by atoms with Gasteiger partial charge in [0, 0.05) is 23.6 Å². The highest BCUT2D eigenvalue weighted by Gasteiger charge is 2.11. The van der Waals surface area contributed by atoms with Gasteiger partial charge in [-0.25, -0.2) is 4.79 Å². The number of ether oxygens (including phenoxy) is 1. The topological polar surface area (TPSA) is 77.5 Å². The van der Waals surface area contributed by atoms with E-state index in [1.165, 1.54) is 16.7 Å². The van der Waals surface area contributed by atoms with E-state index in [-0.39, 0.29) is 5.56 Å². The molecule has 5 nitrogen and oxygen atoms in total. The van der Waals surface area contributed by atoms with Crippen LogP contribution in [-0.4, -0.2) is 22.2 Å². The lowest BCUT2D eigenvalue weighted by molar-refractivity contribution is 0.0697. The van der Waals surface area contributed by atoms with Crippen LogP contribution in [0.1, 0.15) is 27.0 Å². The maximum atomic E-state index is 11.1. The molecule has 5 heteroatoms. The average molecular weight is 477 g/mol. The van der Waals surface area contributed by atoms with Crippen LogP contribution in [0.4, 0.5) is 0 Å². The molecule has 0 saturated heterocycles. The molecule has 0 aliphatic carbocycles. The zero-order valence-electron chi connectivity index (χ0n) is 19.9. The first-order chi connectivity index (χ1) is 17.6. The van der Waals surface area contributed by atoms with Crippen molar-refractivity contribution in [2.24, 2.45) is 5.73 Å². The minimum Gasteiger partial charge on any atom is -0.489 e. The summed E-state index contributed by atoms with van der Waals surface area (Å²) in [5, 5.41) is 10.3. The third kappa shape index (κ3) is 5.16. The Labute approximate surface area is 210 Å². The van der Waals surface area contributed by atoms with Crippen LogP contribution in [0.3, 0.4) is 0 Å². The number of hydrogen-bond donors (Lipinski definition) is 2. The number of aromatic carboxylic acids is 1. The predicted octanol–water partition coefficient (Wildman–Crippen LogP) is 6.14. The summed E-state index contributed by atoms with van der Waals surface area (Å²) in [6, 6.07) is 31.9. The molecule has 0 radical (unpaired) electrons. The fraction of sp³-hybridized carbons (Fsp3) is 0.129. The third-order valence-corrected chi connectivity index (χ3v) is 6.37. The minimum atomic E-state index is -0.919. The Morgan fingerprint density at radius 2 is 1.53 bits per heavy atom. The van der Waals surface area contributed by atoms with E-state index in [1.54, 1.807) is 12.1 Å². The normalized spacial score (nSPS) is 11.0. The van der Waals surface area contributed by atoms with Gasteiger partial charge in [-0.2, -0.15) is 0 Å². The molecular formula is C31H28N2O3. The summed E-state index contributed by atoms with van der Waals surface area (Å²) in [4.78, 5) is 11.1. The SMILES string of the molecule is NCCc1cn(Cc2ccc(C(=O)O)cc2)c2ccc(OCc3ccc(-c4ccccc4)cc3)cc12. The van der Waals surface area contributed by atoms with Crippen molar-refractivity contribution in [3.63, 3.8) is 0 Å². The second-order valence-electron chi connectivity index (χ2n) is 8.85. The van der Waals surface area contributed by atoms with Crippen molar-refractivity contribution >= 4 is 16.9 Å². The average Bonchev–Trinajstić information content (AvgIpc) is 3.25. The van der Waals surface area contributed by atoms with E-state index in [2.05, 4.69) is 59.3 Å². The van der Waals surface area contributed by atoms with Crippen molar-refractivity contribution < 1.29 is 14.6 Å². The summed E-state index contributed by atoms with van der Waals surface area (Å²) in [6.07, 6.45) is 2.90. The number of aromatic nitrogens is 1. The highest BCUT2D eigenvalue weighted by atomic mass is 16.5. The summed E-state index contributed by atoms with van der Waals surface area (Å²) in [5.41, 5.74) is 13.0. The van der Waals surface area contributed by atoms with Gasteiger partial charge in [-0.1, -0.05) is 66.7 Å². The summed E-state index contributed by atoms with van der Waals surface area (Å²) < 4.78 is 8.33. The molecule has 0 saturated carbocycles. The number of benzene rings is 4. The molecule has 5 aromatic rings. The van der Waals surface area contributed by atoms with Crippen LogP contribution in [0, 0.1) is 0 Å². The maximum Gasteiger partial charge on any atom is 0.335 e. The Morgan fingerprint density at radius 1 is 0.833 bits per heavy atom. The van der Waals surface area contributed by atoms with Crippen molar-refractivity contribution in [1.29, 1.82) is 0 Å². The Balaban J connectivity index is 1.33. The summed E-state index contributed by atoms with van der Waals surface area (Å²) >= 11 is 0. The number of hydrogen-bond acceptors (Lipinski definition) is 3. The Kier molecular flexibility index (Phi) is 6.83. The molecular weight excluding hydrogens is 448 g/mol. The number of nitrogens with zero attached hydrogens (tertiary/aromatic N) is 1. The number of carboxylic acids is 1. The molecule has 0 spiro atoms. The predicted molar refractivity (Wildman–Crippen MR) is 143 cm³/mol. The molecule has 0 amide bonds. The van der Waals surface area contributed by atoms with Crippen LogP contribution in [0.15, 0.2) is 103 Å². The van der Waals surface area contributed by atoms with Crippen LogP contribution < -0.4 is 10.5 Å². The molecule has 3 N–H and O–H groups in total. The second kappa shape index (κ2) is 10.5. The summed E-state index contributed by atoms with van der Waals surface area (Å²) in [7, 11) is 0. The quantitative estimate of drug-likeness (QED) is 0.268. The summed E-state index contributed by atoms with van der Waals surface area (Å²) in [5.74, 6) is -0.102. The molecule has 0 aliphatic heterocycles. The molecule has 36 heavy (non-hydrogen) atoms. The first-order valence-corrected chi connectivity index (χ1v) is 12.0. The Bertz CT molecular complexity index is 1470. The molecule has 0 fully saturated rings. The number of carboxylic acid groups (broad SMARTS) is 1. The number of nitrogens with two attached hydrogens (primary N) is 1. The summed E-state index contributed by atoms with van der Waals surface area (Å²) in [6.45, 7) is 1.70. The van der Waals surface area contributed by atoms with Gasteiger partial charge >= 0.3 is 5.97 Å². The van der Waals surface area contributed by atoms with Crippen LogP contribution in [-0.2, 0) is 19.6 Å². The van der Waals surface area contributed by atoms with Gasteiger partial charge in [0.15, 0.2) is 0 Å². The molecule has 1 aromatic heterocycles. The molecule has 4 aromatic carbocycles. The fourth-order valence-corrected chi connectivity index (χ4v) is 4.47. The van der Waals surface area contributed by atoms with Gasteiger partial charge in [0.2, 0.25) is 0 Å². The van der Waals surface area contributed by atoms with Crippen molar-refractivity contribution in [2.45, 2.75) is 19.6 Å². The van der Waals surface area contributed by atoms with Gasteiger partial charge in [-0.3, -0.25) is 0 Å². The molecule has 180 valence electrons.